The molecule has 4 rings (SSSR count). The molecule has 0 radical (unpaired) electrons. The molecule has 238 valence electrons. The third-order valence-electron chi connectivity index (χ3n) is 6.90. The predicted octanol–water partition coefficient (Wildman–Crippen LogP) is 5.72. The summed E-state index contributed by atoms with van der Waals surface area (Å²) in [5.74, 6) is 0.537. The van der Waals surface area contributed by atoms with Crippen molar-refractivity contribution in [1.82, 2.24) is 15.0 Å². The van der Waals surface area contributed by atoms with Gasteiger partial charge in [0.05, 0.1) is 13.2 Å². The molecule has 0 fully saturated rings. The lowest BCUT2D eigenvalue weighted by Gasteiger charge is -2.25. The van der Waals surface area contributed by atoms with E-state index in [1.807, 2.05) is 42.5 Å². The Balaban J connectivity index is 1.33. The Hall–Kier alpha value is -4.32. The van der Waals surface area contributed by atoms with Crippen molar-refractivity contribution in [3.8, 4) is 17.2 Å². The molecule has 0 unspecified atom stereocenters. The molecular formula is C34H41N3O7Si. The van der Waals surface area contributed by atoms with Crippen molar-refractivity contribution >= 4 is 31.1 Å². The SMILES string of the molecule is C=C(C)C(=O)OCCc1ccc(O[Si](C)(C)CCOCCOc2ccc(C(=O)C(C)(C)O)cc2)c(-n2nc3ccccc3n2)c1. The van der Waals surface area contributed by atoms with Gasteiger partial charge in [0, 0.05) is 30.2 Å². The maximum Gasteiger partial charge on any atom is 0.333 e. The number of ketones is 1. The van der Waals surface area contributed by atoms with Crippen LogP contribution in [0.2, 0.25) is 19.1 Å². The summed E-state index contributed by atoms with van der Waals surface area (Å²) < 4.78 is 23.5. The van der Waals surface area contributed by atoms with Gasteiger partial charge in [-0.25, -0.2) is 4.79 Å². The van der Waals surface area contributed by atoms with Crippen LogP contribution in [0.1, 0.15) is 36.7 Å². The molecule has 45 heavy (non-hydrogen) atoms. The lowest BCUT2D eigenvalue weighted by atomic mass is 9.97. The number of rotatable bonds is 16. The number of hydrogen-bond donors (Lipinski definition) is 1. The smallest absolute Gasteiger partial charge is 0.333 e. The van der Waals surface area contributed by atoms with Gasteiger partial charge in [-0.05, 0) is 88.0 Å². The highest BCUT2D eigenvalue weighted by Gasteiger charge is 2.27. The highest BCUT2D eigenvalue weighted by Crippen LogP contribution is 2.29. The fourth-order valence-electron chi connectivity index (χ4n) is 4.36. The summed E-state index contributed by atoms with van der Waals surface area (Å²) in [6.07, 6.45) is 0.521. The molecule has 11 heteroatoms. The van der Waals surface area contributed by atoms with Crippen molar-refractivity contribution in [3.05, 3.63) is 90.0 Å². The van der Waals surface area contributed by atoms with E-state index in [9.17, 15) is 14.7 Å². The van der Waals surface area contributed by atoms with Gasteiger partial charge in [0.15, 0.2) is 5.78 Å². The minimum absolute atomic E-state index is 0.230. The number of benzene rings is 3. The highest BCUT2D eigenvalue weighted by atomic mass is 28.4. The molecule has 3 aromatic carbocycles. The van der Waals surface area contributed by atoms with E-state index >= 15 is 0 Å². The molecular weight excluding hydrogens is 590 g/mol. The van der Waals surface area contributed by atoms with E-state index in [-0.39, 0.29) is 12.4 Å². The molecule has 0 saturated heterocycles. The number of esters is 1. The Morgan fingerprint density at radius 1 is 0.933 bits per heavy atom. The maximum atomic E-state index is 12.2. The summed E-state index contributed by atoms with van der Waals surface area (Å²) in [6, 6.07) is 20.9. The number of carbonyl (C=O) groups excluding carboxylic acids is 2. The van der Waals surface area contributed by atoms with Crippen molar-refractivity contribution in [2.75, 3.05) is 26.4 Å². The zero-order chi connectivity index (χ0) is 32.6. The maximum absolute atomic E-state index is 12.2. The van der Waals surface area contributed by atoms with Crippen LogP contribution in [0.5, 0.6) is 11.5 Å². The fraction of sp³-hybridized carbons (Fsp3) is 0.353. The van der Waals surface area contributed by atoms with E-state index in [1.165, 1.54) is 13.8 Å². The molecule has 0 bridgehead atoms. The first-order valence-corrected chi connectivity index (χ1v) is 18.0. The molecule has 1 heterocycles. The van der Waals surface area contributed by atoms with E-state index < -0.39 is 19.9 Å². The predicted molar refractivity (Wildman–Crippen MR) is 175 cm³/mol. The van der Waals surface area contributed by atoms with Crippen LogP contribution in [-0.2, 0) is 20.7 Å². The van der Waals surface area contributed by atoms with Gasteiger partial charge >= 0.3 is 5.97 Å². The number of Topliss-reactive ketones (excluding diaryl/α,β-unsaturated/α-hetero) is 1. The minimum Gasteiger partial charge on any atom is -0.542 e. The Labute approximate surface area is 264 Å². The third kappa shape index (κ3) is 9.58. The van der Waals surface area contributed by atoms with Gasteiger partial charge in [0.1, 0.15) is 40.4 Å². The second-order valence-electron chi connectivity index (χ2n) is 11.9. The van der Waals surface area contributed by atoms with Crippen molar-refractivity contribution in [3.63, 3.8) is 0 Å². The van der Waals surface area contributed by atoms with E-state index in [0.717, 1.165) is 22.6 Å². The molecule has 1 N–H and O–H groups in total. The van der Waals surface area contributed by atoms with E-state index in [2.05, 4.69) is 29.9 Å². The van der Waals surface area contributed by atoms with Crippen molar-refractivity contribution in [2.45, 2.75) is 51.9 Å². The molecule has 0 aliphatic rings. The van der Waals surface area contributed by atoms with Crippen molar-refractivity contribution < 1.29 is 33.3 Å². The van der Waals surface area contributed by atoms with Crippen LogP contribution in [0.25, 0.3) is 16.7 Å². The summed E-state index contributed by atoms with van der Waals surface area (Å²) in [5, 5.41) is 19.2. The minimum atomic E-state index is -2.24. The van der Waals surface area contributed by atoms with Crippen LogP contribution in [0.3, 0.4) is 0 Å². The van der Waals surface area contributed by atoms with Crippen LogP contribution in [0.4, 0.5) is 0 Å². The summed E-state index contributed by atoms with van der Waals surface area (Å²) in [4.78, 5) is 25.6. The first-order chi connectivity index (χ1) is 21.3. The number of aromatic nitrogens is 3. The zero-order valence-electron chi connectivity index (χ0n) is 26.5. The second kappa shape index (κ2) is 14.6. The van der Waals surface area contributed by atoms with Gasteiger partial charge in [0.25, 0.3) is 0 Å². The number of aliphatic hydroxyl groups is 1. The molecule has 0 atom stereocenters. The summed E-state index contributed by atoms with van der Waals surface area (Å²) in [5.41, 5.74) is 2.58. The monoisotopic (exact) mass is 631 g/mol. The number of nitrogens with zero attached hydrogens (tertiary/aromatic N) is 3. The van der Waals surface area contributed by atoms with Gasteiger partial charge in [-0.15, -0.1) is 15.0 Å². The van der Waals surface area contributed by atoms with Gasteiger partial charge in [0.2, 0.25) is 8.32 Å². The third-order valence-corrected chi connectivity index (χ3v) is 9.08. The van der Waals surface area contributed by atoms with Crippen LogP contribution in [-0.4, -0.2) is 72.2 Å². The molecule has 1 aromatic heterocycles. The quantitative estimate of drug-likeness (QED) is 0.0544. The molecule has 0 saturated carbocycles. The van der Waals surface area contributed by atoms with Gasteiger partial charge in [-0.1, -0.05) is 24.8 Å². The van der Waals surface area contributed by atoms with E-state index in [0.29, 0.717) is 54.6 Å². The lowest BCUT2D eigenvalue weighted by Crippen LogP contribution is -2.36. The lowest BCUT2D eigenvalue weighted by molar-refractivity contribution is -0.138. The number of carbonyl (C=O) groups is 2. The van der Waals surface area contributed by atoms with Gasteiger partial charge in [-0.3, -0.25) is 4.79 Å². The molecule has 0 aliphatic carbocycles. The largest absolute Gasteiger partial charge is 0.542 e. The first-order valence-electron chi connectivity index (χ1n) is 14.9. The number of ether oxygens (including phenoxy) is 3. The summed E-state index contributed by atoms with van der Waals surface area (Å²) >= 11 is 0. The van der Waals surface area contributed by atoms with Crippen LogP contribution < -0.4 is 9.16 Å². The first kappa shape index (κ1) is 33.6. The Bertz CT molecular complexity index is 1610. The Morgan fingerprint density at radius 2 is 1.60 bits per heavy atom. The van der Waals surface area contributed by atoms with Gasteiger partial charge < -0.3 is 23.7 Å². The molecule has 0 spiro atoms. The summed E-state index contributed by atoms with van der Waals surface area (Å²) in [6.45, 7) is 13.9. The number of fused-ring (bicyclic) bond motifs is 1. The van der Waals surface area contributed by atoms with Crippen molar-refractivity contribution in [2.24, 2.45) is 0 Å². The standard InChI is InChI=1S/C34H41N3O7Si/c1-24(2)33(39)43-18-17-25-11-16-31(30(23-25)37-35-28-9-7-8-10-29(28)36-37)44-45(5,6)22-21-41-19-20-42-27-14-12-26(13-15-27)32(38)34(3,4)40/h7-16,23,40H,1,17-22H2,2-6H3. The number of hydrogen-bond acceptors (Lipinski definition) is 9. The topological polar surface area (TPSA) is 122 Å². The Morgan fingerprint density at radius 3 is 2.22 bits per heavy atom. The fourth-order valence-corrected chi connectivity index (χ4v) is 5.86. The summed E-state index contributed by atoms with van der Waals surface area (Å²) in [7, 11) is -2.24. The molecule has 4 aromatic rings. The Kier molecular flexibility index (Phi) is 10.9. The molecule has 10 nitrogen and oxygen atoms in total. The van der Waals surface area contributed by atoms with Crippen molar-refractivity contribution in [1.29, 1.82) is 0 Å². The average Bonchev–Trinajstić information content (AvgIpc) is 3.43. The van der Waals surface area contributed by atoms with Crippen LogP contribution in [0, 0.1) is 0 Å². The average molecular weight is 632 g/mol. The van der Waals surface area contributed by atoms with Crippen LogP contribution in [0.15, 0.2) is 78.9 Å². The van der Waals surface area contributed by atoms with E-state index in [1.54, 1.807) is 36.0 Å². The highest BCUT2D eigenvalue weighted by molar-refractivity contribution is 6.71. The van der Waals surface area contributed by atoms with Crippen LogP contribution >= 0.6 is 0 Å². The second-order valence-corrected chi connectivity index (χ2v) is 16.2. The normalized spacial score (nSPS) is 11.8. The molecule has 0 amide bonds. The van der Waals surface area contributed by atoms with E-state index in [4.69, 9.17) is 18.6 Å². The molecule has 0 aliphatic heterocycles. The zero-order valence-corrected chi connectivity index (χ0v) is 27.5. The van der Waals surface area contributed by atoms with Gasteiger partial charge in [-0.2, -0.15) is 0 Å².